The summed E-state index contributed by atoms with van der Waals surface area (Å²) in [5.41, 5.74) is 10.5. The van der Waals surface area contributed by atoms with Gasteiger partial charge in [-0.05, 0) is 38.0 Å². The zero-order chi connectivity index (χ0) is 15.7. The first-order valence-corrected chi connectivity index (χ1v) is 8.05. The lowest BCUT2D eigenvalue weighted by Crippen LogP contribution is -2.40. The molecule has 8 heteroatoms. The van der Waals surface area contributed by atoms with Crippen LogP contribution in [0.4, 0.5) is 5.69 Å². The predicted molar refractivity (Wildman–Crippen MR) is 78.2 cm³/mol. The summed E-state index contributed by atoms with van der Waals surface area (Å²) in [7, 11) is -3.77. The number of hydrogen-bond acceptors (Lipinski definition) is 5. The van der Waals surface area contributed by atoms with Crippen LogP contribution in [0.1, 0.15) is 30.1 Å². The average molecular weight is 313 g/mol. The molecule has 1 aromatic carbocycles. The second-order valence-corrected chi connectivity index (χ2v) is 7.08. The van der Waals surface area contributed by atoms with Crippen molar-refractivity contribution in [2.75, 3.05) is 18.9 Å². The van der Waals surface area contributed by atoms with Gasteiger partial charge in [-0.25, -0.2) is 13.1 Å². The lowest BCUT2D eigenvalue weighted by Gasteiger charge is -2.23. The summed E-state index contributed by atoms with van der Waals surface area (Å²) in [5.74, 6) is -0.662. The number of anilines is 1. The van der Waals surface area contributed by atoms with Crippen LogP contribution < -0.4 is 16.2 Å². The van der Waals surface area contributed by atoms with Crippen LogP contribution in [0.2, 0.25) is 0 Å². The molecule has 0 aliphatic carbocycles. The lowest BCUT2D eigenvalue weighted by molar-refractivity contribution is 0.0250. The molecule has 1 amide bonds. The third-order valence-electron chi connectivity index (χ3n) is 3.52. The molecule has 0 aromatic heterocycles. The second-order valence-electron chi connectivity index (χ2n) is 5.34. The van der Waals surface area contributed by atoms with Gasteiger partial charge in [0.2, 0.25) is 15.9 Å². The number of ether oxygens (including phenoxy) is 1. The van der Waals surface area contributed by atoms with Crippen molar-refractivity contribution in [3.05, 3.63) is 23.8 Å². The maximum absolute atomic E-state index is 12.3. The molecule has 1 aromatic rings. The second kappa shape index (κ2) is 5.63. The monoisotopic (exact) mass is 313 g/mol. The Kier molecular flexibility index (Phi) is 4.22. The topological polar surface area (TPSA) is 125 Å². The van der Waals surface area contributed by atoms with E-state index in [2.05, 4.69) is 4.72 Å². The van der Waals surface area contributed by atoms with Gasteiger partial charge in [0.25, 0.3) is 0 Å². The van der Waals surface area contributed by atoms with Gasteiger partial charge in [0.1, 0.15) is 4.90 Å². The number of rotatable bonds is 5. The molecule has 1 saturated heterocycles. The molecular formula is C13H19N3O4S. The van der Waals surface area contributed by atoms with Gasteiger partial charge in [0.15, 0.2) is 0 Å². The van der Waals surface area contributed by atoms with Crippen molar-refractivity contribution >= 4 is 21.6 Å². The number of sulfonamides is 1. The van der Waals surface area contributed by atoms with E-state index in [-0.39, 0.29) is 22.7 Å². The number of primary amides is 1. The van der Waals surface area contributed by atoms with Gasteiger partial charge >= 0.3 is 0 Å². The Morgan fingerprint density at radius 3 is 2.71 bits per heavy atom. The van der Waals surface area contributed by atoms with Crippen LogP contribution in [0, 0.1) is 0 Å². The molecule has 0 spiro atoms. The third kappa shape index (κ3) is 3.52. The van der Waals surface area contributed by atoms with Crippen molar-refractivity contribution in [3.63, 3.8) is 0 Å². The van der Waals surface area contributed by atoms with E-state index in [9.17, 15) is 13.2 Å². The molecule has 0 saturated carbocycles. The van der Waals surface area contributed by atoms with Gasteiger partial charge in [-0.2, -0.15) is 0 Å². The minimum Gasteiger partial charge on any atom is -0.398 e. The SMILES string of the molecule is CC1(CNS(=O)(=O)c2ccc(C(N)=O)cc2N)CCCO1. The fraction of sp³-hybridized carbons (Fsp3) is 0.462. The normalized spacial score (nSPS) is 22.3. The molecule has 1 atom stereocenters. The Morgan fingerprint density at radius 1 is 1.48 bits per heavy atom. The molecule has 2 rings (SSSR count). The standard InChI is InChI=1S/C13H19N3O4S/c1-13(5-2-6-20-13)8-16-21(18,19)11-4-3-9(12(15)17)7-10(11)14/h3-4,7,16H,2,5-6,8,14H2,1H3,(H2,15,17). The van der Waals surface area contributed by atoms with Crippen molar-refractivity contribution in [2.45, 2.75) is 30.3 Å². The maximum atomic E-state index is 12.3. The van der Waals surface area contributed by atoms with E-state index >= 15 is 0 Å². The number of carbonyl (C=O) groups is 1. The van der Waals surface area contributed by atoms with E-state index in [4.69, 9.17) is 16.2 Å². The Labute approximate surface area is 123 Å². The summed E-state index contributed by atoms with van der Waals surface area (Å²) >= 11 is 0. The maximum Gasteiger partial charge on any atom is 0.248 e. The van der Waals surface area contributed by atoms with Crippen LogP contribution in [-0.2, 0) is 14.8 Å². The van der Waals surface area contributed by atoms with Gasteiger partial charge in [-0.1, -0.05) is 0 Å². The molecule has 1 unspecified atom stereocenters. The van der Waals surface area contributed by atoms with E-state index in [0.717, 1.165) is 12.8 Å². The quantitative estimate of drug-likeness (QED) is 0.670. The largest absolute Gasteiger partial charge is 0.398 e. The van der Waals surface area contributed by atoms with E-state index in [1.807, 2.05) is 6.92 Å². The minimum absolute atomic E-state index is 0.0173. The van der Waals surface area contributed by atoms with Crippen LogP contribution in [0.3, 0.4) is 0 Å². The molecule has 5 N–H and O–H groups in total. The number of nitrogens with two attached hydrogens (primary N) is 2. The summed E-state index contributed by atoms with van der Waals surface area (Å²) < 4.78 is 32.6. The molecule has 1 aliphatic rings. The molecule has 116 valence electrons. The average Bonchev–Trinajstić information content (AvgIpc) is 2.84. The summed E-state index contributed by atoms with van der Waals surface area (Å²) in [6, 6.07) is 3.86. The zero-order valence-electron chi connectivity index (χ0n) is 11.8. The summed E-state index contributed by atoms with van der Waals surface area (Å²) in [4.78, 5) is 11.0. The van der Waals surface area contributed by atoms with Crippen molar-refractivity contribution in [1.29, 1.82) is 0 Å². The highest BCUT2D eigenvalue weighted by atomic mass is 32.2. The molecule has 0 radical (unpaired) electrons. The van der Waals surface area contributed by atoms with Gasteiger partial charge in [-0.15, -0.1) is 0 Å². The van der Waals surface area contributed by atoms with E-state index < -0.39 is 21.5 Å². The molecule has 0 bridgehead atoms. The third-order valence-corrected chi connectivity index (χ3v) is 5.00. The Morgan fingerprint density at radius 2 is 2.19 bits per heavy atom. The van der Waals surface area contributed by atoms with Crippen LogP contribution >= 0.6 is 0 Å². The zero-order valence-corrected chi connectivity index (χ0v) is 12.6. The van der Waals surface area contributed by atoms with Gasteiger partial charge in [0.05, 0.1) is 11.3 Å². The molecule has 1 heterocycles. The van der Waals surface area contributed by atoms with Crippen molar-refractivity contribution in [2.24, 2.45) is 5.73 Å². The van der Waals surface area contributed by atoms with Crippen LogP contribution in [-0.4, -0.2) is 33.1 Å². The Balaban J connectivity index is 2.17. The summed E-state index contributed by atoms with van der Waals surface area (Å²) in [5, 5.41) is 0. The van der Waals surface area contributed by atoms with Crippen LogP contribution in [0.15, 0.2) is 23.1 Å². The first kappa shape index (κ1) is 15.7. The van der Waals surface area contributed by atoms with Gasteiger partial charge in [0, 0.05) is 18.7 Å². The van der Waals surface area contributed by atoms with E-state index in [0.29, 0.717) is 6.61 Å². The van der Waals surface area contributed by atoms with E-state index in [1.165, 1.54) is 18.2 Å². The fourth-order valence-corrected chi connectivity index (χ4v) is 3.52. The fourth-order valence-electron chi connectivity index (χ4n) is 2.25. The van der Waals surface area contributed by atoms with Crippen molar-refractivity contribution in [1.82, 2.24) is 4.72 Å². The number of nitrogen functional groups attached to an aromatic ring is 1. The van der Waals surface area contributed by atoms with Crippen LogP contribution in [0.25, 0.3) is 0 Å². The van der Waals surface area contributed by atoms with Crippen LogP contribution in [0.5, 0.6) is 0 Å². The number of nitrogens with one attached hydrogen (secondary N) is 1. The van der Waals surface area contributed by atoms with Gasteiger partial charge < -0.3 is 16.2 Å². The summed E-state index contributed by atoms with van der Waals surface area (Å²) in [6.07, 6.45) is 1.71. The molecular weight excluding hydrogens is 294 g/mol. The molecule has 1 fully saturated rings. The molecule has 7 nitrogen and oxygen atoms in total. The highest BCUT2D eigenvalue weighted by Crippen LogP contribution is 2.25. The van der Waals surface area contributed by atoms with Crippen molar-refractivity contribution in [3.8, 4) is 0 Å². The minimum atomic E-state index is -3.77. The summed E-state index contributed by atoms with van der Waals surface area (Å²) in [6.45, 7) is 2.67. The first-order chi connectivity index (χ1) is 9.73. The molecule has 1 aliphatic heterocycles. The van der Waals surface area contributed by atoms with E-state index in [1.54, 1.807) is 0 Å². The Hall–Kier alpha value is -1.64. The smallest absolute Gasteiger partial charge is 0.248 e. The number of amides is 1. The lowest BCUT2D eigenvalue weighted by atomic mass is 10.0. The van der Waals surface area contributed by atoms with Crippen molar-refractivity contribution < 1.29 is 17.9 Å². The predicted octanol–water partition coefficient (Wildman–Crippen LogP) is 0.215. The number of hydrogen-bond donors (Lipinski definition) is 3. The molecule has 21 heavy (non-hydrogen) atoms. The van der Waals surface area contributed by atoms with Gasteiger partial charge in [-0.3, -0.25) is 4.79 Å². The highest BCUT2D eigenvalue weighted by Gasteiger charge is 2.31. The highest BCUT2D eigenvalue weighted by molar-refractivity contribution is 7.89. The first-order valence-electron chi connectivity index (χ1n) is 6.56. The number of benzene rings is 1. The number of carbonyl (C=O) groups excluding carboxylic acids is 1. The Bertz CT molecular complexity index is 651.